The van der Waals surface area contributed by atoms with E-state index in [1.54, 1.807) is 11.8 Å². The van der Waals surface area contributed by atoms with Gasteiger partial charge in [0, 0.05) is 5.25 Å². The first-order valence-corrected chi connectivity index (χ1v) is 7.88. The van der Waals surface area contributed by atoms with E-state index >= 15 is 0 Å². The van der Waals surface area contributed by atoms with Crippen molar-refractivity contribution in [3.63, 3.8) is 0 Å². The molecule has 0 aromatic carbocycles. The van der Waals surface area contributed by atoms with Crippen LogP contribution in [0.3, 0.4) is 0 Å². The summed E-state index contributed by atoms with van der Waals surface area (Å²) < 4.78 is 0. The minimum Gasteiger partial charge on any atom is -0.480 e. The summed E-state index contributed by atoms with van der Waals surface area (Å²) in [6, 6.07) is -0.763. The lowest BCUT2D eigenvalue weighted by molar-refractivity contribution is -0.141. The van der Waals surface area contributed by atoms with E-state index in [0.29, 0.717) is 17.4 Å². The summed E-state index contributed by atoms with van der Waals surface area (Å²) >= 11 is 1.63. The second-order valence-corrected chi connectivity index (χ2v) is 6.64. The van der Waals surface area contributed by atoms with Gasteiger partial charge in [0.05, 0.1) is 5.75 Å². The molecule has 0 aromatic heterocycles. The van der Waals surface area contributed by atoms with Gasteiger partial charge < -0.3 is 15.7 Å². The second kappa shape index (κ2) is 8.43. The third kappa shape index (κ3) is 6.82. The van der Waals surface area contributed by atoms with Crippen molar-refractivity contribution in [2.75, 3.05) is 18.8 Å². The lowest BCUT2D eigenvalue weighted by Crippen LogP contribution is -2.42. The van der Waals surface area contributed by atoms with Gasteiger partial charge in [-0.05, 0) is 38.3 Å². The number of aliphatic carboxylic acids is 1. The molecule has 19 heavy (non-hydrogen) atoms. The second-order valence-electron chi connectivity index (χ2n) is 5.35. The molecule has 0 bridgehead atoms. The third-order valence-corrected chi connectivity index (χ3v) is 4.45. The van der Waals surface area contributed by atoms with Gasteiger partial charge >= 0.3 is 5.97 Å². The van der Waals surface area contributed by atoms with Gasteiger partial charge in [-0.2, -0.15) is 0 Å². The number of carboxylic acids is 1. The molecule has 1 unspecified atom stereocenters. The van der Waals surface area contributed by atoms with Crippen LogP contribution in [0.15, 0.2) is 0 Å². The maximum atomic E-state index is 11.8. The molecular formula is C13H24N2O3S. The molecule has 110 valence electrons. The Balaban J connectivity index is 2.29. The molecule has 1 heterocycles. The molecule has 1 fully saturated rings. The van der Waals surface area contributed by atoms with Gasteiger partial charge in [0.2, 0.25) is 5.91 Å². The zero-order chi connectivity index (χ0) is 14.3. The number of carbonyl (C=O) groups excluding carboxylic acids is 1. The van der Waals surface area contributed by atoms with E-state index in [9.17, 15) is 9.59 Å². The number of carboxylic acid groups (broad SMARTS) is 1. The zero-order valence-electron chi connectivity index (χ0n) is 11.6. The fourth-order valence-electron chi connectivity index (χ4n) is 2.08. The Kier molecular flexibility index (Phi) is 7.23. The van der Waals surface area contributed by atoms with E-state index < -0.39 is 12.0 Å². The van der Waals surface area contributed by atoms with Gasteiger partial charge in [0.1, 0.15) is 6.04 Å². The van der Waals surface area contributed by atoms with Crippen LogP contribution in [-0.2, 0) is 9.59 Å². The van der Waals surface area contributed by atoms with E-state index in [1.165, 1.54) is 0 Å². The van der Waals surface area contributed by atoms with Gasteiger partial charge in [-0.25, -0.2) is 4.79 Å². The van der Waals surface area contributed by atoms with Gasteiger partial charge in [-0.15, -0.1) is 11.8 Å². The standard InChI is InChI=1S/C13H24N2O3S/c1-9(2)7-11(13(17)18)15-12(16)8-19-10-3-5-14-6-4-10/h9-11,14H,3-8H2,1-2H3,(H,15,16)(H,17,18). The molecule has 5 nitrogen and oxygen atoms in total. The molecule has 1 amide bonds. The normalized spacial score (nSPS) is 18.3. The molecule has 0 spiro atoms. The van der Waals surface area contributed by atoms with Crippen LogP contribution in [0.25, 0.3) is 0 Å². The van der Waals surface area contributed by atoms with Crippen molar-refractivity contribution in [3.8, 4) is 0 Å². The summed E-state index contributed by atoms with van der Waals surface area (Å²) in [5.74, 6) is -0.518. The topological polar surface area (TPSA) is 78.4 Å². The van der Waals surface area contributed by atoms with Crippen LogP contribution in [0, 0.1) is 5.92 Å². The summed E-state index contributed by atoms with van der Waals surface area (Å²) in [7, 11) is 0. The Morgan fingerprint density at radius 1 is 1.37 bits per heavy atom. The number of carbonyl (C=O) groups is 2. The summed E-state index contributed by atoms with van der Waals surface area (Å²) in [4.78, 5) is 22.8. The van der Waals surface area contributed by atoms with Crippen LogP contribution < -0.4 is 10.6 Å². The molecule has 1 rings (SSSR count). The molecule has 6 heteroatoms. The van der Waals surface area contributed by atoms with E-state index in [4.69, 9.17) is 5.11 Å². The first-order valence-electron chi connectivity index (χ1n) is 6.83. The molecule has 0 saturated carbocycles. The third-order valence-electron chi connectivity index (χ3n) is 3.08. The fraction of sp³-hybridized carbons (Fsp3) is 0.846. The van der Waals surface area contributed by atoms with Crippen LogP contribution in [0.2, 0.25) is 0 Å². The molecule has 1 atom stereocenters. The Hall–Kier alpha value is -0.750. The Morgan fingerprint density at radius 2 is 2.00 bits per heavy atom. The Morgan fingerprint density at radius 3 is 2.53 bits per heavy atom. The molecule has 1 aliphatic rings. The SMILES string of the molecule is CC(C)CC(NC(=O)CSC1CCNCC1)C(=O)O. The molecule has 0 aliphatic carbocycles. The number of amides is 1. The van der Waals surface area contributed by atoms with E-state index in [-0.39, 0.29) is 11.8 Å². The van der Waals surface area contributed by atoms with Crippen molar-refractivity contribution >= 4 is 23.6 Å². The average Bonchev–Trinajstić information content (AvgIpc) is 2.36. The highest BCUT2D eigenvalue weighted by molar-refractivity contribution is 8.00. The van der Waals surface area contributed by atoms with Crippen LogP contribution in [0.1, 0.15) is 33.1 Å². The van der Waals surface area contributed by atoms with Crippen molar-refractivity contribution in [2.24, 2.45) is 5.92 Å². The van der Waals surface area contributed by atoms with Crippen LogP contribution >= 0.6 is 11.8 Å². The summed E-state index contributed by atoms with van der Waals surface area (Å²) in [5, 5.41) is 15.5. The molecule has 3 N–H and O–H groups in total. The number of nitrogens with one attached hydrogen (secondary N) is 2. The quantitative estimate of drug-likeness (QED) is 0.653. The van der Waals surface area contributed by atoms with Crippen molar-refractivity contribution < 1.29 is 14.7 Å². The molecule has 1 saturated heterocycles. The lowest BCUT2D eigenvalue weighted by atomic mass is 10.0. The van der Waals surface area contributed by atoms with E-state index in [1.807, 2.05) is 13.8 Å². The highest BCUT2D eigenvalue weighted by Crippen LogP contribution is 2.19. The van der Waals surface area contributed by atoms with Gasteiger partial charge in [-0.3, -0.25) is 4.79 Å². The predicted molar refractivity (Wildman–Crippen MR) is 77.4 cm³/mol. The van der Waals surface area contributed by atoms with Crippen molar-refractivity contribution in [2.45, 2.75) is 44.4 Å². The highest BCUT2D eigenvalue weighted by Gasteiger charge is 2.22. The van der Waals surface area contributed by atoms with Crippen molar-refractivity contribution in [1.82, 2.24) is 10.6 Å². The number of thioether (sulfide) groups is 1. The minimum absolute atomic E-state index is 0.170. The van der Waals surface area contributed by atoms with E-state index in [0.717, 1.165) is 25.9 Å². The van der Waals surface area contributed by atoms with Crippen LogP contribution in [0.4, 0.5) is 0 Å². The maximum Gasteiger partial charge on any atom is 0.326 e. The summed E-state index contributed by atoms with van der Waals surface area (Å²) in [6.07, 6.45) is 2.62. The first kappa shape index (κ1) is 16.3. The minimum atomic E-state index is -0.950. The van der Waals surface area contributed by atoms with Crippen LogP contribution in [-0.4, -0.2) is 47.1 Å². The highest BCUT2D eigenvalue weighted by atomic mass is 32.2. The number of hydrogen-bond donors (Lipinski definition) is 3. The van der Waals surface area contributed by atoms with Crippen molar-refractivity contribution in [1.29, 1.82) is 0 Å². The molecule has 0 aromatic rings. The summed E-state index contributed by atoms with van der Waals surface area (Å²) in [5.41, 5.74) is 0. The Labute approximate surface area is 118 Å². The first-order chi connectivity index (χ1) is 8.99. The van der Waals surface area contributed by atoms with Gasteiger partial charge in [0.25, 0.3) is 0 Å². The largest absolute Gasteiger partial charge is 0.480 e. The van der Waals surface area contributed by atoms with Crippen molar-refractivity contribution in [3.05, 3.63) is 0 Å². The zero-order valence-corrected chi connectivity index (χ0v) is 12.5. The van der Waals surface area contributed by atoms with Crippen LogP contribution in [0.5, 0.6) is 0 Å². The maximum absolute atomic E-state index is 11.8. The number of piperidine rings is 1. The molecule has 0 radical (unpaired) electrons. The van der Waals surface area contributed by atoms with Gasteiger partial charge in [-0.1, -0.05) is 13.8 Å². The number of hydrogen-bond acceptors (Lipinski definition) is 4. The lowest BCUT2D eigenvalue weighted by Gasteiger charge is -2.22. The Bertz CT molecular complexity index is 304. The number of rotatable bonds is 7. The fourth-order valence-corrected chi connectivity index (χ4v) is 3.12. The van der Waals surface area contributed by atoms with Gasteiger partial charge in [0.15, 0.2) is 0 Å². The smallest absolute Gasteiger partial charge is 0.326 e. The predicted octanol–water partition coefficient (Wildman–Crippen LogP) is 1.09. The monoisotopic (exact) mass is 288 g/mol. The average molecular weight is 288 g/mol. The summed E-state index contributed by atoms with van der Waals surface area (Å²) in [6.45, 7) is 5.91. The van der Waals surface area contributed by atoms with E-state index in [2.05, 4.69) is 10.6 Å². The molecule has 1 aliphatic heterocycles. The molecular weight excluding hydrogens is 264 g/mol.